The molecule has 2 amide bonds. The Morgan fingerprint density at radius 2 is 1.73 bits per heavy atom. The number of rotatable bonds is 5. The smallest absolute Gasteiger partial charge is 0.274 e. The van der Waals surface area contributed by atoms with Crippen LogP contribution in [0.1, 0.15) is 64.4 Å². The maximum Gasteiger partial charge on any atom is 0.274 e. The fourth-order valence-corrected chi connectivity index (χ4v) is 5.27. The molecule has 3 heterocycles. The third-order valence-electron chi connectivity index (χ3n) is 7.30. The molecule has 5 rings (SSSR count). The number of likely N-dealkylation sites (tertiary alicyclic amines) is 1. The number of aromatic nitrogens is 3. The van der Waals surface area contributed by atoms with Crippen LogP contribution in [0.4, 0.5) is 13.2 Å². The molecule has 0 atom stereocenters. The molecule has 37 heavy (non-hydrogen) atoms. The number of amides is 2. The summed E-state index contributed by atoms with van der Waals surface area (Å²) in [5.74, 6) is -3.03. The first kappa shape index (κ1) is 25.0. The number of carbonyl (C=O) groups is 2. The van der Waals surface area contributed by atoms with E-state index in [0.717, 1.165) is 42.7 Å². The molecule has 0 spiro atoms. The number of aromatic amines is 1. The van der Waals surface area contributed by atoms with Gasteiger partial charge in [0.25, 0.3) is 17.4 Å². The second-order valence-electron chi connectivity index (χ2n) is 10.1. The number of benzene rings is 1. The molecule has 8 nitrogen and oxygen atoms in total. The van der Waals surface area contributed by atoms with Gasteiger partial charge in [-0.2, -0.15) is 9.61 Å². The number of hydrogen-bond acceptors (Lipinski definition) is 4. The van der Waals surface area contributed by atoms with Crippen LogP contribution in [-0.2, 0) is 0 Å². The lowest BCUT2D eigenvalue weighted by atomic mass is 9.83. The van der Waals surface area contributed by atoms with Gasteiger partial charge in [0.05, 0.1) is 12.4 Å². The molecule has 2 aliphatic rings. The Morgan fingerprint density at radius 3 is 2.32 bits per heavy atom. The zero-order chi connectivity index (χ0) is 26.4. The van der Waals surface area contributed by atoms with Crippen LogP contribution < -0.4 is 5.56 Å². The number of fused-ring (bicyclic) bond motifs is 1. The van der Waals surface area contributed by atoms with E-state index in [4.69, 9.17) is 0 Å². The van der Waals surface area contributed by atoms with E-state index >= 15 is 8.78 Å². The zero-order valence-electron chi connectivity index (χ0n) is 20.7. The van der Waals surface area contributed by atoms with E-state index in [2.05, 4.69) is 10.1 Å². The van der Waals surface area contributed by atoms with Crippen molar-refractivity contribution in [3.8, 4) is 11.3 Å². The predicted molar refractivity (Wildman–Crippen MR) is 130 cm³/mol. The number of alkyl halides is 1. The minimum atomic E-state index is -0.686. The SMILES string of the molecule is CN(C)C(=O)c1nn2c(=O)cc(-c3cc(F)c(C4CCCCC4)c(F)c3)[nH]c2c1C(=O)N1CC(CF)C1. The molecule has 3 aromatic rings. The Balaban J connectivity index is 1.62. The molecule has 1 N–H and O–H groups in total. The zero-order valence-corrected chi connectivity index (χ0v) is 20.7. The molecule has 1 aliphatic heterocycles. The molecular weight excluding hydrogens is 487 g/mol. The van der Waals surface area contributed by atoms with Gasteiger partial charge in [0, 0.05) is 50.3 Å². The summed E-state index contributed by atoms with van der Waals surface area (Å²) in [6.07, 6.45) is 4.34. The van der Waals surface area contributed by atoms with Crippen LogP contribution in [0.3, 0.4) is 0 Å². The van der Waals surface area contributed by atoms with Crippen molar-refractivity contribution in [1.29, 1.82) is 0 Å². The van der Waals surface area contributed by atoms with Crippen LogP contribution in [0.25, 0.3) is 16.9 Å². The quantitative estimate of drug-likeness (QED) is 0.560. The number of halogens is 3. The van der Waals surface area contributed by atoms with Gasteiger partial charge in [-0.3, -0.25) is 18.8 Å². The molecule has 196 valence electrons. The van der Waals surface area contributed by atoms with Crippen molar-refractivity contribution in [3.05, 3.63) is 57.0 Å². The molecule has 1 saturated carbocycles. The van der Waals surface area contributed by atoms with E-state index in [1.807, 2.05) is 0 Å². The van der Waals surface area contributed by atoms with Crippen molar-refractivity contribution in [2.75, 3.05) is 33.9 Å². The van der Waals surface area contributed by atoms with Crippen LogP contribution in [-0.4, -0.2) is 70.1 Å². The van der Waals surface area contributed by atoms with E-state index in [1.165, 1.54) is 36.0 Å². The molecule has 0 bridgehead atoms. The van der Waals surface area contributed by atoms with Crippen LogP contribution in [0.5, 0.6) is 0 Å². The summed E-state index contributed by atoms with van der Waals surface area (Å²) in [6, 6.07) is 3.48. The molecule has 2 fully saturated rings. The lowest BCUT2D eigenvalue weighted by Crippen LogP contribution is -2.51. The van der Waals surface area contributed by atoms with E-state index in [9.17, 15) is 18.8 Å². The maximum atomic E-state index is 15.1. The number of H-pyrrole nitrogens is 1. The van der Waals surface area contributed by atoms with Crippen LogP contribution in [0.2, 0.25) is 0 Å². The summed E-state index contributed by atoms with van der Waals surface area (Å²) in [5.41, 5.74) is -0.907. The van der Waals surface area contributed by atoms with Crippen molar-refractivity contribution in [2.24, 2.45) is 5.92 Å². The molecule has 0 radical (unpaired) electrons. The monoisotopic (exact) mass is 515 g/mol. The summed E-state index contributed by atoms with van der Waals surface area (Å²) in [5, 5.41) is 4.09. The van der Waals surface area contributed by atoms with Gasteiger partial charge in [-0.15, -0.1) is 0 Å². The minimum Gasteiger partial charge on any atom is -0.343 e. The standard InChI is InChI=1S/C26H28F3N5O3/c1-32(2)26(37)23-22(25(36)33-12-14(11-27)13-33)24-30-19(10-20(35)34(24)31-23)16-8-17(28)21(18(29)9-16)15-6-4-3-5-7-15/h8-10,14-15,30H,3-7,11-13H2,1-2H3. The van der Waals surface area contributed by atoms with Gasteiger partial charge in [0.1, 0.15) is 17.2 Å². The Morgan fingerprint density at radius 1 is 1.08 bits per heavy atom. The molecule has 1 aliphatic carbocycles. The molecular formula is C26H28F3N5O3. The van der Waals surface area contributed by atoms with Crippen LogP contribution >= 0.6 is 0 Å². The molecule has 0 unspecified atom stereocenters. The lowest BCUT2D eigenvalue weighted by Gasteiger charge is -2.37. The van der Waals surface area contributed by atoms with Gasteiger partial charge in [0.2, 0.25) is 0 Å². The fourth-order valence-electron chi connectivity index (χ4n) is 5.27. The van der Waals surface area contributed by atoms with Gasteiger partial charge in [-0.05, 0) is 30.9 Å². The predicted octanol–water partition coefficient (Wildman–Crippen LogP) is 3.76. The Kier molecular flexibility index (Phi) is 6.55. The van der Waals surface area contributed by atoms with Crippen LogP contribution in [0.15, 0.2) is 23.0 Å². The first-order valence-corrected chi connectivity index (χ1v) is 12.4. The first-order chi connectivity index (χ1) is 17.7. The van der Waals surface area contributed by atoms with Crippen LogP contribution in [0, 0.1) is 17.6 Å². The lowest BCUT2D eigenvalue weighted by molar-refractivity contribution is 0.0450. The summed E-state index contributed by atoms with van der Waals surface area (Å²) >= 11 is 0. The van der Waals surface area contributed by atoms with E-state index in [0.29, 0.717) is 0 Å². The maximum absolute atomic E-state index is 15.1. The van der Waals surface area contributed by atoms with E-state index in [1.54, 1.807) is 0 Å². The van der Waals surface area contributed by atoms with Gasteiger partial charge in [0.15, 0.2) is 11.3 Å². The highest BCUT2D eigenvalue weighted by atomic mass is 19.1. The normalized spacial score (nSPS) is 16.7. The van der Waals surface area contributed by atoms with Crippen molar-refractivity contribution in [2.45, 2.75) is 38.0 Å². The minimum absolute atomic E-state index is 0.0613. The number of nitrogens with zero attached hydrogens (tertiary/aromatic N) is 4. The van der Waals surface area contributed by atoms with E-state index < -0.39 is 35.7 Å². The van der Waals surface area contributed by atoms with Gasteiger partial charge in [-0.1, -0.05) is 19.3 Å². The van der Waals surface area contributed by atoms with Gasteiger partial charge in [-0.25, -0.2) is 8.78 Å². The number of hydrogen-bond donors (Lipinski definition) is 1. The third-order valence-corrected chi connectivity index (χ3v) is 7.30. The first-order valence-electron chi connectivity index (χ1n) is 12.4. The number of carbonyl (C=O) groups excluding carboxylic acids is 2. The Labute approximate surface area is 211 Å². The van der Waals surface area contributed by atoms with Crippen molar-refractivity contribution in [1.82, 2.24) is 24.4 Å². The number of nitrogens with one attached hydrogen (secondary N) is 1. The van der Waals surface area contributed by atoms with Gasteiger partial charge >= 0.3 is 0 Å². The topological polar surface area (TPSA) is 90.8 Å². The molecule has 2 aromatic heterocycles. The average Bonchev–Trinajstić information content (AvgIpc) is 3.23. The summed E-state index contributed by atoms with van der Waals surface area (Å²) < 4.78 is 44.1. The Hall–Kier alpha value is -3.63. The average molecular weight is 516 g/mol. The largest absolute Gasteiger partial charge is 0.343 e. The van der Waals surface area contributed by atoms with E-state index in [-0.39, 0.29) is 58.7 Å². The summed E-state index contributed by atoms with van der Waals surface area (Å²) in [6.45, 7) is -0.229. The van der Waals surface area contributed by atoms with Crippen molar-refractivity contribution >= 4 is 17.5 Å². The summed E-state index contributed by atoms with van der Waals surface area (Å²) in [7, 11) is 2.96. The van der Waals surface area contributed by atoms with Crippen molar-refractivity contribution in [3.63, 3.8) is 0 Å². The highest BCUT2D eigenvalue weighted by Gasteiger charge is 2.36. The fraction of sp³-hybridized carbons (Fsp3) is 0.462. The van der Waals surface area contributed by atoms with Gasteiger partial charge < -0.3 is 14.8 Å². The molecule has 1 saturated heterocycles. The molecule has 11 heteroatoms. The Bertz CT molecular complexity index is 1410. The molecule has 1 aromatic carbocycles. The second kappa shape index (κ2) is 9.68. The van der Waals surface area contributed by atoms with Crippen molar-refractivity contribution < 1.29 is 22.8 Å². The highest BCUT2D eigenvalue weighted by molar-refractivity contribution is 6.10. The second-order valence-corrected chi connectivity index (χ2v) is 10.1. The highest BCUT2D eigenvalue weighted by Crippen LogP contribution is 2.37. The summed E-state index contributed by atoms with van der Waals surface area (Å²) in [4.78, 5) is 44.7. The third kappa shape index (κ3) is 4.40.